The number of benzene rings is 1. The van der Waals surface area contributed by atoms with Crippen molar-refractivity contribution in [3.8, 4) is 5.75 Å². The molecule has 1 aromatic rings. The third-order valence-electron chi connectivity index (χ3n) is 5.07. The van der Waals surface area contributed by atoms with Crippen LogP contribution in [0.1, 0.15) is 106 Å². The largest absolute Gasteiger partial charge is 0.507 e. The molecule has 148 valence electrons. The fourth-order valence-electron chi connectivity index (χ4n) is 3.48. The van der Waals surface area contributed by atoms with Gasteiger partial charge in [0.15, 0.2) is 0 Å². The van der Waals surface area contributed by atoms with E-state index in [1.54, 1.807) is 6.07 Å². The number of carbonyl (C=O) groups is 1. The summed E-state index contributed by atoms with van der Waals surface area (Å²) in [6, 6.07) is 2.94. The quantitative estimate of drug-likeness (QED) is 0.194. The van der Waals surface area contributed by atoms with Crippen LogP contribution in [0.2, 0.25) is 0 Å². The average molecular weight is 364 g/mol. The van der Waals surface area contributed by atoms with Crippen LogP contribution in [0.25, 0.3) is 0 Å². The van der Waals surface area contributed by atoms with Crippen molar-refractivity contribution in [3.63, 3.8) is 0 Å². The standard InChI is InChI=1S/C22H37NO3/c1-2-3-4-5-6-7-8-9-10-11-12-13-14-15-18-19(23)16-17-20(24)21(18)22(25)26/h16-17,24H,2-15,23H2,1H3,(H,25,26). The first-order valence-corrected chi connectivity index (χ1v) is 10.4. The molecular weight excluding hydrogens is 326 g/mol. The number of carboxylic acid groups (broad SMARTS) is 1. The first kappa shape index (κ1) is 22.3. The molecule has 0 spiro atoms. The van der Waals surface area contributed by atoms with Gasteiger partial charge >= 0.3 is 5.97 Å². The maximum Gasteiger partial charge on any atom is 0.339 e. The summed E-state index contributed by atoms with van der Waals surface area (Å²) in [6.07, 6.45) is 17.2. The van der Waals surface area contributed by atoms with Crippen LogP contribution in [0.3, 0.4) is 0 Å². The minimum absolute atomic E-state index is 0.0380. The maximum atomic E-state index is 11.3. The summed E-state index contributed by atoms with van der Waals surface area (Å²) in [5.74, 6) is -1.31. The van der Waals surface area contributed by atoms with Gasteiger partial charge in [-0.2, -0.15) is 0 Å². The average Bonchev–Trinajstić information content (AvgIpc) is 2.61. The number of nitrogens with two attached hydrogens (primary N) is 1. The Labute approximate surface area is 158 Å². The van der Waals surface area contributed by atoms with E-state index in [1.807, 2.05) is 0 Å². The molecule has 0 bridgehead atoms. The van der Waals surface area contributed by atoms with Gasteiger partial charge in [0.25, 0.3) is 0 Å². The Bertz CT molecular complexity index is 528. The molecule has 0 aliphatic carbocycles. The third kappa shape index (κ3) is 8.59. The number of rotatable bonds is 15. The SMILES string of the molecule is CCCCCCCCCCCCCCCc1c(N)ccc(O)c1C(=O)O. The minimum Gasteiger partial charge on any atom is -0.507 e. The molecule has 0 aromatic heterocycles. The first-order chi connectivity index (χ1) is 12.6. The summed E-state index contributed by atoms with van der Waals surface area (Å²) in [7, 11) is 0. The molecular formula is C22H37NO3. The number of phenols is 1. The lowest BCUT2D eigenvalue weighted by Crippen LogP contribution is -2.06. The number of anilines is 1. The summed E-state index contributed by atoms with van der Waals surface area (Å²) >= 11 is 0. The number of hydrogen-bond acceptors (Lipinski definition) is 3. The summed E-state index contributed by atoms with van der Waals surface area (Å²) < 4.78 is 0. The second-order valence-corrected chi connectivity index (χ2v) is 7.33. The Morgan fingerprint density at radius 3 is 1.77 bits per heavy atom. The van der Waals surface area contributed by atoms with E-state index in [0.717, 1.165) is 12.8 Å². The topological polar surface area (TPSA) is 83.5 Å². The second kappa shape index (κ2) is 13.5. The first-order valence-electron chi connectivity index (χ1n) is 10.4. The predicted octanol–water partition coefficient (Wildman–Crippen LogP) is 6.31. The van der Waals surface area contributed by atoms with Crippen molar-refractivity contribution in [1.82, 2.24) is 0 Å². The van der Waals surface area contributed by atoms with Gasteiger partial charge in [-0.3, -0.25) is 0 Å². The highest BCUT2D eigenvalue weighted by molar-refractivity contribution is 5.94. The molecule has 0 atom stereocenters. The van der Waals surface area contributed by atoms with E-state index >= 15 is 0 Å². The normalized spacial score (nSPS) is 11.0. The van der Waals surface area contributed by atoms with Gasteiger partial charge in [0, 0.05) is 5.69 Å². The Balaban J connectivity index is 2.10. The highest BCUT2D eigenvalue weighted by Crippen LogP contribution is 2.28. The van der Waals surface area contributed by atoms with Crippen LogP contribution in [0.4, 0.5) is 5.69 Å². The minimum atomic E-state index is -1.11. The smallest absolute Gasteiger partial charge is 0.339 e. The Kier molecular flexibility index (Phi) is 11.6. The Morgan fingerprint density at radius 2 is 1.31 bits per heavy atom. The molecule has 0 saturated heterocycles. The van der Waals surface area contributed by atoms with Crippen molar-refractivity contribution >= 4 is 11.7 Å². The molecule has 0 heterocycles. The predicted molar refractivity (Wildman–Crippen MR) is 109 cm³/mol. The lowest BCUT2D eigenvalue weighted by molar-refractivity contribution is 0.0692. The fraction of sp³-hybridized carbons (Fsp3) is 0.682. The zero-order valence-electron chi connectivity index (χ0n) is 16.4. The van der Waals surface area contributed by atoms with E-state index in [2.05, 4.69) is 6.92 Å². The summed E-state index contributed by atoms with van der Waals surface area (Å²) in [5, 5.41) is 19.0. The molecule has 0 aliphatic rings. The monoisotopic (exact) mass is 363 g/mol. The van der Waals surface area contributed by atoms with E-state index in [1.165, 1.54) is 76.7 Å². The van der Waals surface area contributed by atoms with Crippen molar-refractivity contribution in [3.05, 3.63) is 23.3 Å². The fourth-order valence-corrected chi connectivity index (χ4v) is 3.48. The lowest BCUT2D eigenvalue weighted by Gasteiger charge is -2.11. The number of aromatic carboxylic acids is 1. The summed E-state index contributed by atoms with van der Waals surface area (Å²) in [4.78, 5) is 11.3. The Morgan fingerprint density at radius 1 is 0.846 bits per heavy atom. The molecule has 1 rings (SSSR count). The second-order valence-electron chi connectivity index (χ2n) is 7.33. The lowest BCUT2D eigenvalue weighted by atomic mass is 9.97. The third-order valence-corrected chi connectivity index (χ3v) is 5.07. The van der Waals surface area contributed by atoms with Crippen molar-refractivity contribution in [1.29, 1.82) is 0 Å². The molecule has 0 fully saturated rings. The van der Waals surface area contributed by atoms with Gasteiger partial charge in [-0.1, -0.05) is 84.0 Å². The molecule has 4 N–H and O–H groups in total. The molecule has 0 amide bonds. The Hall–Kier alpha value is -1.71. The van der Waals surface area contributed by atoms with E-state index in [0.29, 0.717) is 17.7 Å². The van der Waals surface area contributed by atoms with Crippen LogP contribution in [0.15, 0.2) is 12.1 Å². The number of aromatic hydroxyl groups is 1. The van der Waals surface area contributed by atoms with Gasteiger partial charge in [0.2, 0.25) is 0 Å². The van der Waals surface area contributed by atoms with E-state index in [9.17, 15) is 15.0 Å². The van der Waals surface area contributed by atoms with Crippen LogP contribution in [0.5, 0.6) is 5.75 Å². The van der Waals surface area contributed by atoms with Gasteiger partial charge in [0.1, 0.15) is 11.3 Å². The van der Waals surface area contributed by atoms with E-state index in [4.69, 9.17) is 5.73 Å². The van der Waals surface area contributed by atoms with E-state index in [-0.39, 0.29) is 11.3 Å². The van der Waals surface area contributed by atoms with Crippen molar-refractivity contribution in [2.45, 2.75) is 96.8 Å². The number of nitrogen functional groups attached to an aromatic ring is 1. The van der Waals surface area contributed by atoms with Crippen LogP contribution < -0.4 is 5.73 Å². The van der Waals surface area contributed by atoms with Gasteiger partial charge in [-0.15, -0.1) is 0 Å². The molecule has 4 nitrogen and oxygen atoms in total. The number of carboxylic acids is 1. The van der Waals surface area contributed by atoms with Crippen molar-refractivity contribution in [2.75, 3.05) is 5.73 Å². The van der Waals surface area contributed by atoms with Crippen LogP contribution in [0, 0.1) is 0 Å². The molecule has 0 unspecified atom stereocenters. The van der Waals surface area contributed by atoms with Crippen LogP contribution in [-0.4, -0.2) is 16.2 Å². The molecule has 1 aromatic carbocycles. The van der Waals surface area contributed by atoms with Gasteiger partial charge in [0.05, 0.1) is 0 Å². The molecule has 4 heteroatoms. The van der Waals surface area contributed by atoms with E-state index < -0.39 is 5.97 Å². The highest BCUT2D eigenvalue weighted by atomic mass is 16.4. The van der Waals surface area contributed by atoms with Gasteiger partial charge in [-0.25, -0.2) is 4.79 Å². The van der Waals surface area contributed by atoms with Crippen molar-refractivity contribution < 1.29 is 15.0 Å². The number of unbranched alkanes of at least 4 members (excludes halogenated alkanes) is 12. The molecule has 0 saturated carbocycles. The zero-order valence-corrected chi connectivity index (χ0v) is 16.4. The highest BCUT2D eigenvalue weighted by Gasteiger charge is 2.17. The summed E-state index contributed by atoms with van der Waals surface area (Å²) in [5.41, 5.74) is 6.89. The molecule has 0 aliphatic heterocycles. The van der Waals surface area contributed by atoms with Crippen LogP contribution >= 0.6 is 0 Å². The van der Waals surface area contributed by atoms with Crippen molar-refractivity contribution in [2.24, 2.45) is 0 Å². The summed E-state index contributed by atoms with van der Waals surface area (Å²) in [6.45, 7) is 2.25. The van der Waals surface area contributed by atoms with Gasteiger partial charge < -0.3 is 15.9 Å². The molecule has 26 heavy (non-hydrogen) atoms. The number of hydrogen-bond donors (Lipinski definition) is 3. The van der Waals surface area contributed by atoms with Crippen LogP contribution in [-0.2, 0) is 6.42 Å². The maximum absolute atomic E-state index is 11.3. The zero-order chi connectivity index (χ0) is 19.2. The van der Waals surface area contributed by atoms with Gasteiger partial charge in [-0.05, 0) is 30.5 Å². The molecule has 0 radical (unpaired) electrons.